The zero-order valence-electron chi connectivity index (χ0n) is 9.38. The van der Waals surface area contributed by atoms with E-state index in [9.17, 15) is 18.0 Å². The third-order valence-electron chi connectivity index (χ3n) is 1.93. The minimum Gasteiger partial charge on any atom is -0.361 e. The Balaban J connectivity index is 2.37. The molecule has 7 nitrogen and oxygen atoms in total. The minimum absolute atomic E-state index is 0.0145. The molecule has 0 radical (unpaired) electrons. The van der Waals surface area contributed by atoms with Gasteiger partial charge in [-0.2, -0.15) is 0 Å². The molecule has 0 spiro atoms. The number of hydrogen-bond donors (Lipinski definition) is 1. The molecular weight excluding hydrogens is 248 g/mol. The second kappa shape index (κ2) is 5.78. The van der Waals surface area contributed by atoms with Gasteiger partial charge in [0.1, 0.15) is 16.6 Å². The Morgan fingerprint density at radius 1 is 1.41 bits per heavy atom. The van der Waals surface area contributed by atoms with Crippen molar-refractivity contribution in [1.29, 1.82) is 0 Å². The quantitative estimate of drug-likeness (QED) is 0.659. The smallest absolute Gasteiger partial charge is 0.330 e. The summed E-state index contributed by atoms with van der Waals surface area (Å²) in [6, 6.07) is 1.21. The molecule has 0 amide bonds. The van der Waals surface area contributed by atoms with Gasteiger partial charge in [-0.25, -0.2) is 13.2 Å². The molecule has 0 atom stereocenters. The number of aromatic amines is 1. The lowest BCUT2D eigenvalue weighted by Gasteiger charge is -2.05. The first kappa shape index (κ1) is 13.7. The Hall–Kier alpha value is -1.41. The lowest BCUT2D eigenvalue weighted by molar-refractivity contribution is 0.0745. The molecular formula is C9H14N2O5S. The van der Waals surface area contributed by atoms with Crippen LogP contribution in [0.4, 0.5) is 0 Å². The zero-order chi connectivity index (χ0) is 12.9. The maximum atomic E-state index is 11.2. The highest BCUT2D eigenvalue weighted by Gasteiger charge is 2.01. The maximum Gasteiger partial charge on any atom is 0.330 e. The molecule has 0 unspecified atom stereocenters. The Morgan fingerprint density at radius 2 is 2.12 bits per heavy atom. The monoisotopic (exact) mass is 262 g/mol. The highest BCUT2D eigenvalue weighted by Crippen LogP contribution is 1.90. The highest BCUT2D eigenvalue weighted by molar-refractivity contribution is 7.90. The van der Waals surface area contributed by atoms with Crippen molar-refractivity contribution in [2.24, 2.45) is 0 Å². The van der Waals surface area contributed by atoms with Gasteiger partial charge in [-0.05, 0) is 6.42 Å². The zero-order valence-corrected chi connectivity index (χ0v) is 10.2. The van der Waals surface area contributed by atoms with Gasteiger partial charge in [0.05, 0.1) is 5.75 Å². The van der Waals surface area contributed by atoms with Crippen molar-refractivity contribution in [1.82, 2.24) is 9.55 Å². The summed E-state index contributed by atoms with van der Waals surface area (Å²) < 4.78 is 27.9. The topological polar surface area (TPSA) is 98.2 Å². The number of rotatable bonds is 6. The molecule has 1 heterocycles. The van der Waals surface area contributed by atoms with Crippen molar-refractivity contribution in [3.8, 4) is 0 Å². The average molecular weight is 262 g/mol. The van der Waals surface area contributed by atoms with E-state index in [0.29, 0.717) is 6.42 Å². The molecule has 8 heteroatoms. The molecule has 0 saturated carbocycles. The minimum atomic E-state index is -2.98. The van der Waals surface area contributed by atoms with Crippen LogP contribution in [0, 0.1) is 0 Å². The number of nitrogens with one attached hydrogen (secondary N) is 1. The summed E-state index contributed by atoms with van der Waals surface area (Å²) in [5.74, 6) is 0.0491. The van der Waals surface area contributed by atoms with Crippen LogP contribution in [0.15, 0.2) is 21.9 Å². The second-order valence-corrected chi connectivity index (χ2v) is 5.86. The lowest BCUT2D eigenvalue weighted by Crippen LogP contribution is -2.29. The molecule has 1 rings (SSSR count). The molecule has 0 bridgehead atoms. The van der Waals surface area contributed by atoms with Crippen molar-refractivity contribution >= 4 is 9.84 Å². The summed E-state index contributed by atoms with van der Waals surface area (Å²) in [6.07, 6.45) is 2.84. The van der Waals surface area contributed by atoms with E-state index in [0.717, 1.165) is 6.26 Å². The van der Waals surface area contributed by atoms with Gasteiger partial charge >= 0.3 is 5.69 Å². The van der Waals surface area contributed by atoms with Gasteiger partial charge < -0.3 is 4.74 Å². The van der Waals surface area contributed by atoms with E-state index in [-0.39, 0.29) is 19.1 Å². The van der Waals surface area contributed by atoms with E-state index in [1.165, 1.54) is 16.8 Å². The van der Waals surface area contributed by atoms with Crippen LogP contribution >= 0.6 is 0 Å². The van der Waals surface area contributed by atoms with Gasteiger partial charge in [0.25, 0.3) is 5.56 Å². The van der Waals surface area contributed by atoms with Gasteiger partial charge in [0.15, 0.2) is 0 Å². The molecule has 0 fully saturated rings. The lowest BCUT2D eigenvalue weighted by atomic mass is 10.5. The van der Waals surface area contributed by atoms with Crippen LogP contribution in [-0.2, 0) is 21.3 Å². The molecule has 0 aromatic carbocycles. The van der Waals surface area contributed by atoms with Crippen molar-refractivity contribution < 1.29 is 13.2 Å². The largest absolute Gasteiger partial charge is 0.361 e. The summed E-state index contributed by atoms with van der Waals surface area (Å²) in [5.41, 5.74) is -1.02. The van der Waals surface area contributed by atoms with E-state index in [4.69, 9.17) is 4.74 Å². The van der Waals surface area contributed by atoms with E-state index in [1.807, 2.05) is 0 Å². The first-order chi connectivity index (χ1) is 7.88. The Labute approximate surface area is 98.0 Å². The Kier molecular flexibility index (Phi) is 4.64. The number of sulfone groups is 1. The molecule has 96 valence electrons. The molecule has 0 aliphatic carbocycles. The normalized spacial score (nSPS) is 11.6. The third-order valence-corrected chi connectivity index (χ3v) is 2.96. The number of H-pyrrole nitrogens is 1. The summed E-state index contributed by atoms with van der Waals surface area (Å²) in [5, 5.41) is 0. The predicted octanol–water partition coefficient (Wildman–Crippen LogP) is -1.05. The number of ether oxygens (including phenoxy) is 1. The van der Waals surface area contributed by atoms with Crippen LogP contribution < -0.4 is 11.2 Å². The molecule has 1 N–H and O–H groups in total. The molecule has 0 saturated heterocycles. The first-order valence-corrected chi connectivity index (χ1v) is 7.00. The van der Waals surface area contributed by atoms with Gasteiger partial charge in [-0.15, -0.1) is 0 Å². The Bertz CT molecular complexity index is 572. The first-order valence-electron chi connectivity index (χ1n) is 4.94. The summed E-state index contributed by atoms with van der Waals surface area (Å²) in [6.45, 7) is 0.220. The van der Waals surface area contributed by atoms with Gasteiger partial charge in [0, 0.05) is 25.1 Å². The molecule has 0 aliphatic rings. The fraction of sp³-hybridized carbons (Fsp3) is 0.556. The molecule has 1 aromatic heterocycles. The summed E-state index contributed by atoms with van der Waals surface area (Å²) in [7, 11) is -2.98. The van der Waals surface area contributed by atoms with Crippen molar-refractivity contribution in [3.05, 3.63) is 33.1 Å². The van der Waals surface area contributed by atoms with E-state index in [1.54, 1.807) is 0 Å². The van der Waals surface area contributed by atoms with Crippen LogP contribution in [0.2, 0.25) is 0 Å². The van der Waals surface area contributed by atoms with Crippen LogP contribution in [0.3, 0.4) is 0 Å². The Morgan fingerprint density at radius 3 is 2.71 bits per heavy atom. The summed E-state index contributed by atoms with van der Waals surface area (Å²) >= 11 is 0. The average Bonchev–Trinajstić information content (AvgIpc) is 2.18. The van der Waals surface area contributed by atoms with E-state index < -0.39 is 21.1 Å². The van der Waals surface area contributed by atoms with Crippen molar-refractivity contribution in [2.75, 3.05) is 18.6 Å². The maximum absolute atomic E-state index is 11.2. The van der Waals surface area contributed by atoms with Gasteiger partial charge in [-0.3, -0.25) is 14.3 Å². The fourth-order valence-electron chi connectivity index (χ4n) is 1.13. The number of nitrogens with zero attached hydrogens (tertiary/aromatic N) is 1. The number of aromatic nitrogens is 2. The number of hydrogen-bond acceptors (Lipinski definition) is 5. The summed E-state index contributed by atoms with van der Waals surface area (Å²) in [4.78, 5) is 24.0. The molecule has 0 aliphatic heterocycles. The van der Waals surface area contributed by atoms with Crippen LogP contribution in [0.5, 0.6) is 0 Å². The van der Waals surface area contributed by atoms with Crippen LogP contribution in [0.1, 0.15) is 6.42 Å². The molecule has 1 aromatic rings. The van der Waals surface area contributed by atoms with E-state index >= 15 is 0 Å². The molecule has 17 heavy (non-hydrogen) atoms. The van der Waals surface area contributed by atoms with Gasteiger partial charge in [-0.1, -0.05) is 0 Å². The highest BCUT2D eigenvalue weighted by atomic mass is 32.2. The van der Waals surface area contributed by atoms with Gasteiger partial charge in [0.2, 0.25) is 0 Å². The van der Waals surface area contributed by atoms with Crippen molar-refractivity contribution in [3.63, 3.8) is 0 Å². The predicted molar refractivity (Wildman–Crippen MR) is 61.6 cm³/mol. The SMILES string of the molecule is CS(=O)(=O)CCCOCn1ccc(=O)[nH]c1=O. The van der Waals surface area contributed by atoms with Crippen LogP contribution in [-0.4, -0.2) is 36.6 Å². The van der Waals surface area contributed by atoms with Crippen molar-refractivity contribution in [2.45, 2.75) is 13.2 Å². The second-order valence-electron chi connectivity index (χ2n) is 3.60. The van der Waals surface area contributed by atoms with Crippen LogP contribution in [0.25, 0.3) is 0 Å². The van der Waals surface area contributed by atoms with E-state index in [2.05, 4.69) is 4.98 Å². The third kappa shape index (κ3) is 5.45. The fourth-order valence-corrected chi connectivity index (χ4v) is 1.77. The standard InChI is InChI=1S/C9H14N2O5S/c1-17(14,15)6-2-5-16-7-11-4-3-8(12)10-9(11)13/h3-4H,2,5-7H2,1H3,(H,10,12,13).